The Kier molecular flexibility index (Phi) is 8.64. The summed E-state index contributed by atoms with van der Waals surface area (Å²) in [5.41, 5.74) is -0.126. The van der Waals surface area contributed by atoms with Crippen LogP contribution in [0.5, 0.6) is 5.75 Å². The van der Waals surface area contributed by atoms with Crippen molar-refractivity contribution < 1.29 is 32.6 Å². The first-order valence-electron chi connectivity index (χ1n) is 10.7. The Balaban J connectivity index is 2.15. The number of nitrogens with one attached hydrogen (secondary N) is 1. The van der Waals surface area contributed by atoms with Gasteiger partial charge in [-0.1, -0.05) is 29.8 Å². The highest BCUT2D eigenvalue weighted by Gasteiger charge is 2.41. The van der Waals surface area contributed by atoms with Crippen LogP contribution >= 0.6 is 0 Å². The molecule has 0 aliphatic rings. The monoisotopic (exact) mass is 505 g/mol. The summed E-state index contributed by atoms with van der Waals surface area (Å²) in [6.45, 7) is 4.63. The Morgan fingerprint density at radius 3 is 2.03 bits per heavy atom. The summed E-state index contributed by atoms with van der Waals surface area (Å²) in [5.74, 6) is -1.76. The third-order valence-electron chi connectivity index (χ3n) is 5.56. The number of benzene rings is 2. The van der Waals surface area contributed by atoms with Gasteiger partial charge in [-0.3, -0.25) is 4.79 Å². The fourth-order valence-corrected chi connectivity index (χ4v) is 4.45. The van der Waals surface area contributed by atoms with E-state index < -0.39 is 39.6 Å². The third-order valence-corrected chi connectivity index (χ3v) is 7.60. The highest BCUT2D eigenvalue weighted by atomic mass is 32.2. The number of ether oxygens (including phenoxy) is 1. The van der Waals surface area contributed by atoms with Gasteiger partial charge in [-0.05, 0) is 50.6 Å². The number of aryl methyl sites for hydroxylation is 1. The standard InChI is InChI=1S/C24H31N3O7S/c1-16-7-13-19(14-8-16)35(32,33)27(6)24(2,3)22(30)25-20(21(28)29)15-17-9-11-18(12-10-17)34-23(31)26(4)5/h7-14,20H,15H2,1-6H3,(H,25,30)(H,28,29)/t20-/m0/s1. The van der Waals surface area contributed by atoms with Gasteiger partial charge in [0.05, 0.1) is 4.90 Å². The van der Waals surface area contributed by atoms with Crippen molar-refractivity contribution in [2.45, 2.75) is 43.7 Å². The van der Waals surface area contributed by atoms with E-state index in [9.17, 15) is 27.9 Å². The quantitative estimate of drug-likeness (QED) is 0.534. The molecule has 35 heavy (non-hydrogen) atoms. The molecular formula is C24H31N3O7S. The topological polar surface area (TPSA) is 133 Å². The van der Waals surface area contributed by atoms with Crippen molar-refractivity contribution >= 4 is 28.0 Å². The number of likely N-dealkylation sites (N-methyl/N-ethyl adjacent to an activating group) is 1. The van der Waals surface area contributed by atoms with Gasteiger partial charge in [0.2, 0.25) is 15.9 Å². The van der Waals surface area contributed by atoms with Crippen LogP contribution in [0, 0.1) is 6.92 Å². The zero-order valence-electron chi connectivity index (χ0n) is 20.6. The Hall–Kier alpha value is -3.44. The zero-order chi connectivity index (χ0) is 26.6. The Morgan fingerprint density at radius 1 is 1.00 bits per heavy atom. The summed E-state index contributed by atoms with van der Waals surface area (Å²) in [4.78, 5) is 37.8. The number of nitrogens with zero attached hydrogens (tertiary/aromatic N) is 2. The lowest BCUT2D eigenvalue weighted by atomic mass is 10.0. The van der Waals surface area contributed by atoms with Crippen molar-refractivity contribution in [3.63, 3.8) is 0 Å². The highest BCUT2D eigenvalue weighted by molar-refractivity contribution is 7.89. The molecule has 0 heterocycles. The molecule has 2 aromatic rings. The lowest BCUT2D eigenvalue weighted by molar-refractivity contribution is -0.143. The molecule has 0 fully saturated rings. The van der Waals surface area contributed by atoms with Crippen LogP contribution in [-0.4, -0.2) is 73.4 Å². The number of carboxylic acid groups (broad SMARTS) is 1. The fraction of sp³-hybridized carbons (Fsp3) is 0.375. The van der Waals surface area contributed by atoms with Crippen molar-refractivity contribution in [3.8, 4) is 5.75 Å². The number of sulfonamides is 1. The van der Waals surface area contributed by atoms with E-state index in [-0.39, 0.29) is 17.1 Å². The molecule has 0 saturated carbocycles. The normalized spacial score (nSPS) is 12.7. The smallest absolute Gasteiger partial charge is 0.414 e. The van der Waals surface area contributed by atoms with E-state index in [1.165, 1.54) is 50.1 Å². The molecular weight excluding hydrogens is 474 g/mol. The molecule has 10 nitrogen and oxygen atoms in total. The Morgan fingerprint density at radius 2 is 1.54 bits per heavy atom. The van der Waals surface area contributed by atoms with Crippen LogP contribution in [0.2, 0.25) is 0 Å². The van der Waals surface area contributed by atoms with Gasteiger partial charge in [-0.25, -0.2) is 18.0 Å². The van der Waals surface area contributed by atoms with Crippen molar-refractivity contribution in [2.24, 2.45) is 0 Å². The lowest BCUT2D eigenvalue weighted by Crippen LogP contribution is -2.58. The molecule has 0 aliphatic heterocycles. The minimum atomic E-state index is -4.01. The molecule has 0 bridgehead atoms. The van der Waals surface area contributed by atoms with E-state index in [4.69, 9.17) is 4.74 Å². The molecule has 0 unspecified atom stereocenters. The van der Waals surface area contributed by atoms with Gasteiger partial charge >= 0.3 is 12.1 Å². The van der Waals surface area contributed by atoms with Gasteiger partial charge in [-0.15, -0.1) is 0 Å². The number of carboxylic acids is 1. The maximum Gasteiger partial charge on any atom is 0.414 e. The molecule has 0 saturated heterocycles. The van der Waals surface area contributed by atoms with Gasteiger partial charge in [0.15, 0.2) is 0 Å². The maximum absolute atomic E-state index is 13.0. The lowest BCUT2D eigenvalue weighted by Gasteiger charge is -2.34. The summed E-state index contributed by atoms with van der Waals surface area (Å²) in [7, 11) is 0.349. The molecule has 0 aliphatic carbocycles. The average molecular weight is 506 g/mol. The SMILES string of the molecule is Cc1ccc(S(=O)(=O)N(C)C(C)(C)C(=O)N[C@@H](Cc2ccc(OC(=O)N(C)C)cc2)C(=O)O)cc1. The summed E-state index contributed by atoms with van der Waals surface area (Å²) in [5, 5.41) is 12.1. The molecule has 2 amide bonds. The van der Waals surface area contributed by atoms with Crippen LogP contribution in [0.15, 0.2) is 53.4 Å². The zero-order valence-corrected chi connectivity index (χ0v) is 21.4. The second-order valence-corrected chi connectivity index (χ2v) is 10.8. The fourth-order valence-electron chi connectivity index (χ4n) is 2.97. The van der Waals surface area contributed by atoms with E-state index >= 15 is 0 Å². The van der Waals surface area contributed by atoms with E-state index in [2.05, 4.69) is 5.32 Å². The van der Waals surface area contributed by atoms with Gasteiger partial charge < -0.3 is 20.1 Å². The third kappa shape index (κ3) is 6.80. The first-order valence-corrected chi connectivity index (χ1v) is 12.2. The maximum atomic E-state index is 13.0. The number of rotatable bonds is 9. The number of carbonyl (C=O) groups excluding carboxylic acids is 2. The molecule has 2 aromatic carbocycles. The predicted octanol–water partition coefficient (Wildman–Crippen LogP) is 2.27. The number of hydrogen-bond acceptors (Lipinski definition) is 6. The molecule has 190 valence electrons. The number of aliphatic carboxylic acids is 1. The molecule has 2 rings (SSSR count). The average Bonchev–Trinajstić information content (AvgIpc) is 2.79. The second kappa shape index (κ2) is 10.9. The first-order chi connectivity index (χ1) is 16.2. The summed E-state index contributed by atoms with van der Waals surface area (Å²) in [6.07, 6.45) is -0.617. The van der Waals surface area contributed by atoms with Crippen LogP contribution in [0.25, 0.3) is 0 Å². The van der Waals surface area contributed by atoms with Crippen LogP contribution in [-0.2, 0) is 26.0 Å². The predicted molar refractivity (Wildman–Crippen MR) is 130 cm³/mol. The molecule has 1 atom stereocenters. The van der Waals surface area contributed by atoms with E-state index in [1.807, 2.05) is 6.92 Å². The molecule has 11 heteroatoms. The van der Waals surface area contributed by atoms with Crippen molar-refractivity contribution in [2.75, 3.05) is 21.1 Å². The Labute approximate surface area is 205 Å². The van der Waals surface area contributed by atoms with E-state index in [0.29, 0.717) is 5.56 Å². The molecule has 2 N–H and O–H groups in total. The summed E-state index contributed by atoms with van der Waals surface area (Å²) >= 11 is 0. The van der Waals surface area contributed by atoms with Crippen molar-refractivity contribution in [1.29, 1.82) is 0 Å². The van der Waals surface area contributed by atoms with Crippen LogP contribution in [0.1, 0.15) is 25.0 Å². The number of hydrogen-bond donors (Lipinski definition) is 2. The van der Waals surface area contributed by atoms with Crippen LogP contribution < -0.4 is 10.1 Å². The van der Waals surface area contributed by atoms with Gasteiger partial charge in [-0.2, -0.15) is 4.31 Å². The van der Waals surface area contributed by atoms with Crippen LogP contribution in [0.4, 0.5) is 4.79 Å². The minimum absolute atomic E-state index is 0.0244. The van der Waals surface area contributed by atoms with Gasteiger partial charge in [0.25, 0.3) is 0 Å². The molecule has 0 aromatic heterocycles. The van der Waals surface area contributed by atoms with Crippen molar-refractivity contribution in [1.82, 2.24) is 14.5 Å². The van der Waals surface area contributed by atoms with Crippen molar-refractivity contribution in [3.05, 3.63) is 59.7 Å². The largest absolute Gasteiger partial charge is 0.480 e. The highest BCUT2D eigenvalue weighted by Crippen LogP contribution is 2.24. The number of carbonyl (C=O) groups is 3. The van der Waals surface area contributed by atoms with E-state index in [0.717, 1.165) is 9.87 Å². The van der Waals surface area contributed by atoms with Gasteiger partial charge in [0.1, 0.15) is 17.3 Å². The van der Waals surface area contributed by atoms with E-state index in [1.54, 1.807) is 38.4 Å². The second-order valence-electron chi connectivity index (χ2n) is 8.82. The molecule has 0 radical (unpaired) electrons. The summed E-state index contributed by atoms with van der Waals surface area (Å²) in [6, 6.07) is 11.1. The number of amides is 2. The first kappa shape index (κ1) is 27.8. The van der Waals surface area contributed by atoms with Gasteiger partial charge in [0, 0.05) is 27.6 Å². The molecule has 0 spiro atoms. The van der Waals surface area contributed by atoms with Crippen LogP contribution in [0.3, 0.4) is 0 Å². The Bertz CT molecular complexity index is 1170. The minimum Gasteiger partial charge on any atom is -0.480 e. The summed E-state index contributed by atoms with van der Waals surface area (Å²) < 4.78 is 32.1.